The first-order valence-electron chi connectivity index (χ1n) is 14.2. The molecule has 2 N–H and O–H groups in total. The lowest BCUT2D eigenvalue weighted by atomic mass is 10.1. The van der Waals surface area contributed by atoms with Crippen LogP contribution in [-0.2, 0) is 6.54 Å². The number of nitrogens with one attached hydrogen (secondary N) is 2. The zero-order valence-corrected chi connectivity index (χ0v) is 23.5. The topological polar surface area (TPSA) is 77.8 Å². The van der Waals surface area contributed by atoms with Crippen molar-refractivity contribution >= 4 is 28.6 Å². The van der Waals surface area contributed by atoms with Crippen LogP contribution in [0.15, 0.2) is 97.3 Å². The van der Waals surface area contributed by atoms with Gasteiger partial charge in [-0.25, -0.2) is 9.50 Å². The summed E-state index contributed by atoms with van der Waals surface area (Å²) in [5.74, 6) is -0.249. The van der Waals surface area contributed by atoms with E-state index in [1.165, 1.54) is 5.56 Å². The summed E-state index contributed by atoms with van der Waals surface area (Å²) in [5, 5.41) is 10.9. The van der Waals surface area contributed by atoms with Gasteiger partial charge in [-0.15, -0.1) is 0 Å². The molecular formula is C33H35N7O. The van der Waals surface area contributed by atoms with Crippen LogP contribution < -0.4 is 20.4 Å². The maximum Gasteiger partial charge on any atom is 0.274 e. The normalized spacial score (nSPS) is 13.5. The Balaban J connectivity index is 1.21. The molecule has 0 spiro atoms. The van der Waals surface area contributed by atoms with Gasteiger partial charge in [0.2, 0.25) is 0 Å². The third kappa shape index (κ3) is 5.93. The molecule has 3 aromatic carbocycles. The molecule has 5 aromatic rings. The van der Waals surface area contributed by atoms with Crippen LogP contribution in [0.1, 0.15) is 29.9 Å². The first kappa shape index (κ1) is 26.5. The van der Waals surface area contributed by atoms with Gasteiger partial charge in [-0.3, -0.25) is 4.79 Å². The summed E-state index contributed by atoms with van der Waals surface area (Å²) in [6.45, 7) is 9.07. The minimum atomic E-state index is -0.249. The minimum absolute atomic E-state index is 0.249. The van der Waals surface area contributed by atoms with E-state index >= 15 is 0 Å². The number of amides is 1. The molecule has 6 rings (SSSR count). The molecule has 0 atom stereocenters. The number of rotatable bonds is 8. The van der Waals surface area contributed by atoms with Crippen LogP contribution in [0, 0.1) is 0 Å². The smallest absolute Gasteiger partial charge is 0.274 e. The summed E-state index contributed by atoms with van der Waals surface area (Å²) in [7, 11) is 0. The number of carbonyl (C=O) groups excluding carboxylic acids is 1. The van der Waals surface area contributed by atoms with Crippen LogP contribution in [0.3, 0.4) is 0 Å². The number of carbonyl (C=O) groups is 1. The lowest BCUT2D eigenvalue weighted by molar-refractivity contribution is 0.102. The van der Waals surface area contributed by atoms with Crippen molar-refractivity contribution in [2.45, 2.75) is 26.4 Å². The molecule has 1 aliphatic heterocycles. The molecule has 3 heterocycles. The van der Waals surface area contributed by atoms with Crippen molar-refractivity contribution in [1.29, 1.82) is 0 Å². The maximum atomic E-state index is 13.2. The largest absolute Gasteiger partial charge is 0.369 e. The highest BCUT2D eigenvalue weighted by Crippen LogP contribution is 2.28. The van der Waals surface area contributed by atoms with Gasteiger partial charge in [-0.1, -0.05) is 48.5 Å². The van der Waals surface area contributed by atoms with E-state index in [-0.39, 0.29) is 5.91 Å². The van der Waals surface area contributed by atoms with Gasteiger partial charge in [0.1, 0.15) is 5.69 Å². The van der Waals surface area contributed by atoms with Crippen molar-refractivity contribution in [3.05, 3.63) is 109 Å². The Labute approximate surface area is 240 Å². The number of anilines is 3. The molecule has 0 unspecified atom stereocenters. The van der Waals surface area contributed by atoms with E-state index < -0.39 is 0 Å². The molecule has 1 aliphatic rings. The highest BCUT2D eigenvalue weighted by molar-refractivity contribution is 6.03. The van der Waals surface area contributed by atoms with Gasteiger partial charge < -0.3 is 20.4 Å². The highest BCUT2D eigenvalue weighted by atomic mass is 16.1. The highest BCUT2D eigenvalue weighted by Gasteiger charge is 2.16. The van der Waals surface area contributed by atoms with Crippen LogP contribution in [0.2, 0.25) is 0 Å². The van der Waals surface area contributed by atoms with Gasteiger partial charge in [0.05, 0.1) is 6.20 Å². The number of hydrogen-bond donors (Lipinski definition) is 2. The Hall–Kier alpha value is -4.69. The van der Waals surface area contributed by atoms with Crippen molar-refractivity contribution < 1.29 is 4.79 Å². The third-order valence-electron chi connectivity index (χ3n) is 7.52. The fraction of sp³-hybridized carbons (Fsp3) is 0.242. The molecule has 0 aliphatic carbocycles. The molecule has 2 aromatic heterocycles. The fourth-order valence-electron chi connectivity index (χ4n) is 5.28. The van der Waals surface area contributed by atoms with Gasteiger partial charge in [0.25, 0.3) is 5.91 Å². The Kier molecular flexibility index (Phi) is 7.65. The number of nitrogens with zero attached hydrogens (tertiary/aromatic N) is 5. The molecule has 1 amide bonds. The second-order valence-electron chi connectivity index (χ2n) is 10.6. The predicted octanol–water partition coefficient (Wildman–Crippen LogP) is 5.47. The number of aromatic nitrogens is 3. The van der Waals surface area contributed by atoms with E-state index in [0.29, 0.717) is 17.4 Å². The molecule has 8 nitrogen and oxygen atoms in total. The van der Waals surface area contributed by atoms with Crippen molar-refractivity contribution in [2.24, 2.45) is 0 Å². The second-order valence-corrected chi connectivity index (χ2v) is 10.6. The predicted molar refractivity (Wildman–Crippen MR) is 166 cm³/mol. The summed E-state index contributed by atoms with van der Waals surface area (Å²) in [6.07, 6.45) is 3.59. The molecule has 0 radical (unpaired) electrons. The fourth-order valence-corrected chi connectivity index (χ4v) is 5.28. The minimum Gasteiger partial charge on any atom is -0.369 e. The summed E-state index contributed by atoms with van der Waals surface area (Å²) in [4.78, 5) is 22.6. The van der Waals surface area contributed by atoms with E-state index in [2.05, 4.69) is 94.0 Å². The molecule has 208 valence electrons. The van der Waals surface area contributed by atoms with E-state index in [4.69, 9.17) is 4.98 Å². The average molecular weight is 546 g/mol. The molecular weight excluding hydrogens is 510 g/mol. The van der Waals surface area contributed by atoms with Gasteiger partial charge >= 0.3 is 0 Å². The third-order valence-corrected chi connectivity index (χ3v) is 7.52. The first-order chi connectivity index (χ1) is 20.0. The SMILES string of the molecule is CC(C)N(Cc1ccccc1)c1ccc(-c2cnn3ccc(C(=O)Nc4cccc(N5CCNCC5)c4)nc23)cc1. The van der Waals surface area contributed by atoms with Gasteiger partial charge in [0, 0.05) is 67.6 Å². The Morgan fingerprint density at radius 2 is 1.76 bits per heavy atom. The van der Waals surface area contributed by atoms with Crippen molar-refractivity contribution in [3.8, 4) is 11.1 Å². The quantitative estimate of drug-likeness (QED) is 0.269. The molecule has 1 fully saturated rings. The summed E-state index contributed by atoms with van der Waals surface area (Å²) < 4.78 is 1.71. The molecule has 41 heavy (non-hydrogen) atoms. The molecule has 1 saturated heterocycles. The number of piperazine rings is 1. The van der Waals surface area contributed by atoms with Gasteiger partial charge in [0.15, 0.2) is 5.65 Å². The van der Waals surface area contributed by atoms with Crippen LogP contribution in [-0.4, -0.2) is 52.7 Å². The zero-order valence-electron chi connectivity index (χ0n) is 23.5. The lowest BCUT2D eigenvalue weighted by Gasteiger charge is -2.29. The van der Waals surface area contributed by atoms with E-state index in [1.807, 2.05) is 24.3 Å². The Bertz CT molecular complexity index is 1620. The summed E-state index contributed by atoms with van der Waals surface area (Å²) in [5.41, 5.74) is 7.16. The Morgan fingerprint density at radius 1 is 0.976 bits per heavy atom. The molecule has 0 bridgehead atoms. The maximum absolute atomic E-state index is 13.2. The van der Waals surface area contributed by atoms with Crippen LogP contribution in [0.25, 0.3) is 16.8 Å². The van der Waals surface area contributed by atoms with Gasteiger partial charge in [-0.05, 0) is 61.4 Å². The van der Waals surface area contributed by atoms with Crippen molar-refractivity contribution in [2.75, 3.05) is 41.3 Å². The first-order valence-corrected chi connectivity index (χ1v) is 14.2. The van der Waals surface area contributed by atoms with Crippen LogP contribution in [0.5, 0.6) is 0 Å². The van der Waals surface area contributed by atoms with Crippen molar-refractivity contribution in [1.82, 2.24) is 19.9 Å². The number of benzene rings is 3. The zero-order chi connectivity index (χ0) is 28.2. The van der Waals surface area contributed by atoms with Crippen LogP contribution in [0.4, 0.5) is 17.1 Å². The number of hydrogen-bond acceptors (Lipinski definition) is 6. The van der Waals surface area contributed by atoms with Gasteiger partial charge in [-0.2, -0.15) is 5.10 Å². The summed E-state index contributed by atoms with van der Waals surface area (Å²) in [6, 6.07) is 29.0. The molecule has 0 saturated carbocycles. The monoisotopic (exact) mass is 545 g/mol. The van der Waals surface area contributed by atoms with E-state index in [0.717, 1.165) is 60.9 Å². The van der Waals surface area contributed by atoms with E-state index in [9.17, 15) is 4.79 Å². The van der Waals surface area contributed by atoms with E-state index in [1.54, 1.807) is 23.0 Å². The van der Waals surface area contributed by atoms with Crippen molar-refractivity contribution in [3.63, 3.8) is 0 Å². The Morgan fingerprint density at radius 3 is 2.51 bits per heavy atom. The second kappa shape index (κ2) is 11.8. The lowest BCUT2D eigenvalue weighted by Crippen LogP contribution is -2.43. The number of fused-ring (bicyclic) bond motifs is 1. The molecule has 8 heteroatoms. The van der Waals surface area contributed by atoms with Crippen LogP contribution >= 0.6 is 0 Å². The standard InChI is InChI=1S/C33H35N7O/c1-24(2)39(23-25-7-4-3-5-8-25)28-13-11-26(12-14-28)30-22-35-40-18-15-31(37-32(30)40)33(41)36-27-9-6-10-29(21-27)38-19-16-34-17-20-38/h3-15,18,21-22,24,34H,16-17,19-20,23H2,1-2H3,(H,36,41). The average Bonchev–Trinajstić information content (AvgIpc) is 3.44. The summed E-state index contributed by atoms with van der Waals surface area (Å²) >= 11 is 0.